The second-order valence-corrected chi connectivity index (χ2v) is 8.46. The number of halogens is 1. The monoisotopic (exact) mass is 404 g/mol. The number of hydrogen-bond acceptors (Lipinski definition) is 4. The Balaban J connectivity index is 1.96. The normalized spacial score (nSPS) is 29.6. The highest BCUT2D eigenvalue weighted by molar-refractivity contribution is 14.1. The Kier molecular flexibility index (Phi) is 3.62. The molecule has 1 aliphatic heterocycles. The molecule has 6 heteroatoms. The number of carbonyl (C=O) groups is 1. The maximum Gasteiger partial charge on any atom is 0.306 e. The lowest BCUT2D eigenvalue weighted by Gasteiger charge is -2.27. The smallest absolute Gasteiger partial charge is 0.306 e. The van der Waals surface area contributed by atoms with Crippen molar-refractivity contribution in [2.75, 3.05) is 0 Å². The Morgan fingerprint density at radius 1 is 1.15 bits per heavy atom. The molecule has 0 saturated carbocycles. The number of esters is 1. The quantitative estimate of drug-likeness (QED) is 0.432. The van der Waals surface area contributed by atoms with Gasteiger partial charge in [-0.2, -0.15) is 0 Å². The molecule has 3 atom stereocenters. The molecule has 1 fully saturated rings. The van der Waals surface area contributed by atoms with Gasteiger partial charge in [0.2, 0.25) is 9.84 Å². The van der Waals surface area contributed by atoms with Crippen LogP contribution >= 0.6 is 22.6 Å². The number of allylic oxidation sites excluding steroid dienone is 1. The largest absolute Gasteiger partial charge is 0.461 e. The zero-order chi connectivity index (χ0) is 14.3. The molecule has 1 heterocycles. The number of carbonyl (C=O) groups excluding carboxylic acids is 1. The summed E-state index contributed by atoms with van der Waals surface area (Å²) in [6.07, 6.45) is 2.24. The van der Waals surface area contributed by atoms with E-state index in [1.165, 1.54) is 0 Å². The fourth-order valence-electron chi connectivity index (χ4n) is 2.69. The highest BCUT2D eigenvalue weighted by Gasteiger charge is 2.43. The van der Waals surface area contributed by atoms with E-state index in [1.807, 2.05) is 0 Å². The lowest BCUT2D eigenvalue weighted by atomic mass is 9.91. The second-order valence-electron chi connectivity index (χ2n) is 5.02. The molecule has 0 amide bonds. The van der Waals surface area contributed by atoms with Crippen LogP contribution < -0.4 is 0 Å². The van der Waals surface area contributed by atoms with Gasteiger partial charge < -0.3 is 4.74 Å². The Hall–Kier alpha value is -0.890. The lowest BCUT2D eigenvalue weighted by molar-refractivity contribution is -0.141. The van der Waals surface area contributed by atoms with Crippen molar-refractivity contribution in [3.8, 4) is 0 Å². The van der Waals surface area contributed by atoms with Gasteiger partial charge >= 0.3 is 5.97 Å². The van der Waals surface area contributed by atoms with Crippen LogP contribution in [0.1, 0.15) is 12.8 Å². The molecule has 1 saturated heterocycles. The van der Waals surface area contributed by atoms with Crippen molar-refractivity contribution >= 4 is 38.4 Å². The van der Waals surface area contributed by atoms with Gasteiger partial charge in [-0.1, -0.05) is 46.9 Å². The van der Waals surface area contributed by atoms with Gasteiger partial charge in [0.1, 0.15) is 6.10 Å². The molecule has 0 aromatic heterocycles. The van der Waals surface area contributed by atoms with E-state index < -0.39 is 9.84 Å². The van der Waals surface area contributed by atoms with Crippen LogP contribution in [0, 0.1) is 5.92 Å². The molecule has 1 aromatic rings. The standard InChI is InChI=1S/C14H13IO4S/c15-12-8-11(6-9-7-13(16)19-14(9)12)20(17,18)10-4-2-1-3-5-10/h1-5,8-9,12,14H,6-7H2/t9-,12+,14+/m1/s1. The highest BCUT2D eigenvalue weighted by Crippen LogP contribution is 2.40. The van der Waals surface area contributed by atoms with E-state index in [9.17, 15) is 13.2 Å². The maximum atomic E-state index is 12.6. The van der Waals surface area contributed by atoms with Crippen LogP contribution in [0.5, 0.6) is 0 Å². The van der Waals surface area contributed by atoms with Crippen molar-refractivity contribution in [2.24, 2.45) is 5.92 Å². The lowest BCUT2D eigenvalue weighted by Crippen LogP contribution is -2.31. The maximum absolute atomic E-state index is 12.6. The van der Waals surface area contributed by atoms with Crippen LogP contribution in [0.25, 0.3) is 0 Å². The number of hydrogen-bond donors (Lipinski definition) is 0. The molecular formula is C14H13IO4S. The van der Waals surface area contributed by atoms with Gasteiger partial charge in [0, 0.05) is 10.8 Å². The highest BCUT2D eigenvalue weighted by atomic mass is 127. The van der Waals surface area contributed by atoms with Crippen LogP contribution in [0.3, 0.4) is 0 Å². The van der Waals surface area contributed by atoms with Crippen molar-refractivity contribution in [1.82, 2.24) is 0 Å². The molecule has 1 aromatic carbocycles. The molecule has 0 unspecified atom stereocenters. The Morgan fingerprint density at radius 3 is 2.55 bits per heavy atom. The topological polar surface area (TPSA) is 60.4 Å². The van der Waals surface area contributed by atoms with Crippen molar-refractivity contribution < 1.29 is 17.9 Å². The zero-order valence-corrected chi connectivity index (χ0v) is 13.5. The minimum Gasteiger partial charge on any atom is -0.461 e. The number of alkyl halides is 1. The first-order valence-electron chi connectivity index (χ1n) is 6.33. The van der Waals surface area contributed by atoms with Crippen LogP contribution in [-0.2, 0) is 19.4 Å². The van der Waals surface area contributed by atoms with E-state index in [4.69, 9.17) is 4.74 Å². The molecule has 4 nitrogen and oxygen atoms in total. The molecule has 1 aliphatic carbocycles. The van der Waals surface area contributed by atoms with Gasteiger partial charge in [-0.05, 0) is 18.6 Å². The summed E-state index contributed by atoms with van der Waals surface area (Å²) in [5.74, 6) is -0.253. The Bertz CT molecular complexity index is 666. The average Bonchev–Trinajstić information content (AvgIpc) is 2.81. The minimum absolute atomic E-state index is 0.0251. The second kappa shape index (κ2) is 5.14. The van der Waals surface area contributed by atoms with Crippen LogP contribution in [-0.4, -0.2) is 24.4 Å². The van der Waals surface area contributed by atoms with Crippen molar-refractivity contribution in [3.63, 3.8) is 0 Å². The zero-order valence-electron chi connectivity index (χ0n) is 10.5. The van der Waals surface area contributed by atoms with E-state index in [2.05, 4.69) is 22.6 Å². The Labute approximate surface area is 131 Å². The summed E-state index contributed by atoms with van der Waals surface area (Å²) in [4.78, 5) is 12.1. The molecule has 20 heavy (non-hydrogen) atoms. The average molecular weight is 404 g/mol. The molecule has 106 valence electrons. The predicted octanol–water partition coefficient (Wildman–Crippen LogP) is 2.48. The molecule has 0 radical (unpaired) electrons. The van der Waals surface area contributed by atoms with Gasteiger partial charge in [0.05, 0.1) is 15.2 Å². The summed E-state index contributed by atoms with van der Waals surface area (Å²) in [5, 5.41) is 0. The summed E-state index contributed by atoms with van der Waals surface area (Å²) in [5.41, 5.74) is 0. The van der Waals surface area contributed by atoms with Gasteiger partial charge in [0.15, 0.2) is 0 Å². The van der Waals surface area contributed by atoms with Crippen molar-refractivity contribution in [3.05, 3.63) is 41.3 Å². The third kappa shape index (κ3) is 2.39. The number of benzene rings is 1. The van der Waals surface area contributed by atoms with Crippen molar-refractivity contribution in [1.29, 1.82) is 0 Å². The van der Waals surface area contributed by atoms with Gasteiger partial charge in [-0.25, -0.2) is 8.42 Å². The Morgan fingerprint density at radius 2 is 1.85 bits per heavy atom. The van der Waals surface area contributed by atoms with E-state index in [1.54, 1.807) is 36.4 Å². The summed E-state index contributed by atoms with van der Waals surface area (Å²) in [6.45, 7) is 0. The van der Waals surface area contributed by atoms with E-state index in [-0.39, 0.29) is 21.9 Å². The number of fused-ring (bicyclic) bond motifs is 1. The minimum atomic E-state index is -3.46. The van der Waals surface area contributed by atoms with Crippen molar-refractivity contribution in [2.45, 2.75) is 27.8 Å². The predicted molar refractivity (Wildman–Crippen MR) is 82.1 cm³/mol. The first-order valence-corrected chi connectivity index (χ1v) is 9.06. The summed E-state index contributed by atoms with van der Waals surface area (Å²) >= 11 is 2.14. The molecule has 3 rings (SSSR count). The van der Waals surface area contributed by atoms with Crippen LogP contribution in [0.4, 0.5) is 0 Å². The SMILES string of the molecule is O=C1C[C@H]2CC(S(=O)(=O)c3ccccc3)=C[C@H](I)[C@H]2O1. The molecule has 0 bridgehead atoms. The van der Waals surface area contributed by atoms with E-state index >= 15 is 0 Å². The van der Waals surface area contributed by atoms with Gasteiger partial charge in [0.25, 0.3) is 0 Å². The summed E-state index contributed by atoms with van der Waals surface area (Å²) in [6, 6.07) is 8.40. The van der Waals surface area contributed by atoms with E-state index in [0.717, 1.165) is 0 Å². The fraction of sp³-hybridized carbons (Fsp3) is 0.357. The molecule has 0 N–H and O–H groups in total. The number of ether oxygens (including phenoxy) is 1. The first kappa shape index (κ1) is 14.1. The first-order chi connectivity index (χ1) is 9.48. The number of sulfone groups is 1. The molecular weight excluding hydrogens is 391 g/mol. The van der Waals surface area contributed by atoms with Crippen LogP contribution in [0.15, 0.2) is 46.2 Å². The van der Waals surface area contributed by atoms with Gasteiger partial charge in [-0.15, -0.1) is 0 Å². The van der Waals surface area contributed by atoms with E-state index in [0.29, 0.717) is 22.6 Å². The fourth-order valence-corrected chi connectivity index (χ4v) is 5.68. The summed E-state index contributed by atoms with van der Waals surface area (Å²) < 4.78 is 30.4. The molecule has 2 aliphatic rings. The third-order valence-electron chi connectivity index (χ3n) is 3.68. The number of rotatable bonds is 2. The molecule has 0 spiro atoms. The summed E-state index contributed by atoms with van der Waals surface area (Å²) in [7, 11) is -3.46. The van der Waals surface area contributed by atoms with Crippen LogP contribution in [0.2, 0.25) is 0 Å². The van der Waals surface area contributed by atoms with Gasteiger partial charge in [-0.3, -0.25) is 4.79 Å². The third-order valence-corrected chi connectivity index (χ3v) is 6.64.